The van der Waals surface area contributed by atoms with E-state index in [2.05, 4.69) is 18.0 Å². The number of hydrogen-bond donors (Lipinski definition) is 1. The van der Waals surface area contributed by atoms with Gasteiger partial charge >= 0.3 is 0 Å². The van der Waals surface area contributed by atoms with Gasteiger partial charge in [0.15, 0.2) is 0 Å². The minimum atomic E-state index is -0.692. The molecule has 0 aliphatic rings. The van der Waals surface area contributed by atoms with Gasteiger partial charge in [0.2, 0.25) is 0 Å². The van der Waals surface area contributed by atoms with E-state index >= 15 is 0 Å². The minimum absolute atomic E-state index is 0.276. The van der Waals surface area contributed by atoms with Crippen molar-refractivity contribution < 1.29 is 4.39 Å². The summed E-state index contributed by atoms with van der Waals surface area (Å²) in [5.74, 6) is -0.276. The normalized spacial score (nSPS) is 13.8. The maximum atomic E-state index is 13.0. The Hall–Kier alpha value is -1.66. The van der Waals surface area contributed by atoms with Gasteiger partial charge in [0.05, 0.1) is 6.07 Å². The molecule has 0 aliphatic heterocycles. The van der Waals surface area contributed by atoms with Crippen LogP contribution in [0.5, 0.6) is 0 Å². The maximum absolute atomic E-state index is 13.0. The summed E-state index contributed by atoms with van der Waals surface area (Å²) in [6.45, 7) is 5.94. The van der Waals surface area contributed by atoms with Crippen LogP contribution in [0.3, 0.4) is 0 Å². The van der Waals surface area contributed by atoms with Gasteiger partial charge in [-0.3, -0.25) is 5.32 Å². The number of nitriles is 1. The standard InChI is InChI=1S/C13H15FN2/c1-3-7-16-13(2,10-15)9-11-5-4-6-12(14)8-11/h3-6,8,16H,1,7,9H2,2H3. The highest BCUT2D eigenvalue weighted by atomic mass is 19.1. The molecule has 0 radical (unpaired) electrons. The number of nitrogens with zero attached hydrogens (tertiary/aromatic N) is 1. The van der Waals surface area contributed by atoms with E-state index in [1.165, 1.54) is 12.1 Å². The van der Waals surface area contributed by atoms with Crippen LogP contribution in [-0.4, -0.2) is 12.1 Å². The Bertz CT molecular complexity index is 409. The summed E-state index contributed by atoms with van der Waals surface area (Å²) in [5, 5.41) is 12.2. The van der Waals surface area contributed by atoms with Crippen LogP contribution in [0.1, 0.15) is 12.5 Å². The molecule has 1 aromatic rings. The highest BCUT2D eigenvalue weighted by Crippen LogP contribution is 2.13. The first-order valence-corrected chi connectivity index (χ1v) is 5.11. The molecule has 1 rings (SSSR count). The zero-order valence-electron chi connectivity index (χ0n) is 9.33. The van der Waals surface area contributed by atoms with Crippen LogP contribution in [0.25, 0.3) is 0 Å². The van der Waals surface area contributed by atoms with Gasteiger partial charge in [-0.25, -0.2) is 4.39 Å². The van der Waals surface area contributed by atoms with Crippen LogP contribution in [0.15, 0.2) is 36.9 Å². The quantitative estimate of drug-likeness (QED) is 0.770. The topological polar surface area (TPSA) is 35.8 Å². The Labute approximate surface area is 95.4 Å². The third kappa shape index (κ3) is 3.48. The third-order valence-corrected chi connectivity index (χ3v) is 2.33. The fraction of sp³-hybridized carbons (Fsp3) is 0.308. The molecule has 84 valence electrons. The number of nitrogens with one attached hydrogen (secondary N) is 1. The van der Waals surface area contributed by atoms with E-state index in [9.17, 15) is 4.39 Å². The molecule has 1 N–H and O–H groups in total. The Morgan fingerprint density at radius 1 is 1.62 bits per heavy atom. The van der Waals surface area contributed by atoms with Gasteiger partial charge in [0.25, 0.3) is 0 Å². The van der Waals surface area contributed by atoms with Gasteiger partial charge < -0.3 is 0 Å². The third-order valence-electron chi connectivity index (χ3n) is 2.33. The molecule has 0 bridgehead atoms. The molecule has 0 heterocycles. The van der Waals surface area contributed by atoms with Gasteiger partial charge in [-0.1, -0.05) is 18.2 Å². The van der Waals surface area contributed by atoms with Crippen LogP contribution in [0.4, 0.5) is 4.39 Å². The van der Waals surface area contributed by atoms with Gasteiger partial charge in [-0.2, -0.15) is 5.26 Å². The largest absolute Gasteiger partial charge is 0.296 e. The second-order valence-electron chi connectivity index (χ2n) is 3.92. The van der Waals surface area contributed by atoms with Crippen molar-refractivity contribution in [1.29, 1.82) is 5.26 Å². The molecule has 0 aliphatic carbocycles. The molecule has 2 nitrogen and oxygen atoms in total. The van der Waals surface area contributed by atoms with Crippen molar-refractivity contribution in [3.05, 3.63) is 48.3 Å². The van der Waals surface area contributed by atoms with E-state index in [4.69, 9.17) is 5.26 Å². The number of hydrogen-bond acceptors (Lipinski definition) is 2. The molecule has 3 heteroatoms. The monoisotopic (exact) mass is 218 g/mol. The molecule has 1 aromatic carbocycles. The summed E-state index contributed by atoms with van der Waals surface area (Å²) < 4.78 is 13.0. The fourth-order valence-electron chi connectivity index (χ4n) is 1.49. The molecule has 0 spiro atoms. The number of rotatable bonds is 5. The van der Waals surface area contributed by atoms with E-state index in [-0.39, 0.29) is 5.82 Å². The lowest BCUT2D eigenvalue weighted by atomic mass is 9.94. The predicted molar refractivity (Wildman–Crippen MR) is 62.3 cm³/mol. The average molecular weight is 218 g/mol. The van der Waals surface area contributed by atoms with Crippen molar-refractivity contribution in [3.8, 4) is 6.07 Å². The Morgan fingerprint density at radius 2 is 2.38 bits per heavy atom. The summed E-state index contributed by atoms with van der Waals surface area (Å²) in [6.07, 6.45) is 2.16. The van der Waals surface area contributed by atoms with Gasteiger partial charge in [0.1, 0.15) is 11.4 Å². The van der Waals surface area contributed by atoms with Crippen molar-refractivity contribution in [1.82, 2.24) is 5.32 Å². The van der Waals surface area contributed by atoms with Crippen LogP contribution < -0.4 is 5.32 Å². The molecular weight excluding hydrogens is 203 g/mol. The van der Waals surface area contributed by atoms with E-state index in [0.717, 1.165) is 5.56 Å². The van der Waals surface area contributed by atoms with Crippen LogP contribution in [0, 0.1) is 17.1 Å². The first-order chi connectivity index (χ1) is 7.59. The lowest BCUT2D eigenvalue weighted by Crippen LogP contribution is -2.43. The van der Waals surface area contributed by atoms with Crippen molar-refractivity contribution in [2.75, 3.05) is 6.54 Å². The molecule has 0 aromatic heterocycles. The summed E-state index contributed by atoms with van der Waals surface area (Å²) in [7, 11) is 0. The van der Waals surface area contributed by atoms with Gasteiger partial charge in [-0.15, -0.1) is 6.58 Å². The second kappa shape index (κ2) is 5.43. The smallest absolute Gasteiger partial charge is 0.123 e. The van der Waals surface area contributed by atoms with E-state index in [1.807, 2.05) is 6.07 Å². The van der Waals surface area contributed by atoms with E-state index < -0.39 is 5.54 Å². The zero-order valence-corrected chi connectivity index (χ0v) is 9.33. The van der Waals surface area contributed by atoms with Gasteiger partial charge in [0, 0.05) is 13.0 Å². The average Bonchev–Trinajstić information content (AvgIpc) is 2.26. The minimum Gasteiger partial charge on any atom is -0.296 e. The lowest BCUT2D eigenvalue weighted by Gasteiger charge is -2.22. The molecule has 1 unspecified atom stereocenters. The molecular formula is C13H15FN2. The highest BCUT2D eigenvalue weighted by molar-refractivity contribution is 5.22. The molecule has 0 saturated heterocycles. The van der Waals surface area contributed by atoms with Crippen molar-refractivity contribution in [3.63, 3.8) is 0 Å². The summed E-state index contributed by atoms with van der Waals surface area (Å²) in [4.78, 5) is 0. The Kier molecular flexibility index (Phi) is 4.21. The molecule has 0 amide bonds. The summed E-state index contributed by atoms with van der Waals surface area (Å²) in [6, 6.07) is 8.51. The Balaban J connectivity index is 2.77. The SMILES string of the molecule is C=CCNC(C)(C#N)Cc1cccc(F)c1. The summed E-state index contributed by atoms with van der Waals surface area (Å²) in [5.41, 5.74) is 0.114. The second-order valence-corrected chi connectivity index (χ2v) is 3.92. The van der Waals surface area contributed by atoms with Crippen LogP contribution in [-0.2, 0) is 6.42 Å². The van der Waals surface area contributed by atoms with E-state index in [0.29, 0.717) is 13.0 Å². The zero-order chi connectivity index (χ0) is 12.0. The lowest BCUT2D eigenvalue weighted by molar-refractivity contribution is 0.467. The van der Waals surface area contributed by atoms with E-state index in [1.54, 1.807) is 19.1 Å². The predicted octanol–water partition coefficient (Wildman–Crippen LogP) is 2.43. The van der Waals surface area contributed by atoms with Gasteiger partial charge in [-0.05, 0) is 24.6 Å². The first-order valence-electron chi connectivity index (χ1n) is 5.11. The fourth-order valence-corrected chi connectivity index (χ4v) is 1.49. The summed E-state index contributed by atoms with van der Waals surface area (Å²) >= 11 is 0. The van der Waals surface area contributed by atoms with Crippen molar-refractivity contribution in [2.24, 2.45) is 0 Å². The molecule has 0 saturated carbocycles. The maximum Gasteiger partial charge on any atom is 0.123 e. The molecule has 16 heavy (non-hydrogen) atoms. The number of benzene rings is 1. The molecule has 0 fully saturated rings. The Morgan fingerprint density at radius 3 is 2.94 bits per heavy atom. The number of halogens is 1. The van der Waals surface area contributed by atoms with Crippen molar-refractivity contribution >= 4 is 0 Å². The van der Waals surface area contributed by atoms with Crippen LogP contribution in [0.2, 0.25) is 0 Å². The first kappa shape index (κ1) is 12.4. The molecule has 1 atom stereocenters. The highest BCUT2D eigenvalue weighted by Gasteiger charge is 2.22. The van der Waals surface area contributed by atoms with Crippen LogP contribution >= 0.6 is 0 Å². The van der Waals surface area contributed by atoms with Crippen molar-refractivity contribution in [2.45, 2.75) is 18.9 Å².